The third-order valence-corrected chi connectivity index (χ3v) is 4.54. The molecule has 0 aliphatic rings. The highest BCUT2D eigenvalue weighted by Gasteiger charge is 2.18. The van der Waals surface area contributed by atoms with E-state index in [-0.39, 0.29) is 11.3 Å². The van der Waals surface area contributed by atoms with Crippen molar-refractivity contribution in [2.24, 2.45) is 0 Å². The Morgan fingerprint density at radius 1 is 0.655 bits per heavy atom. The molecule has 0 fully saturated rings. The van der Waals surface area contributed by atoms with Crippen LogP contribution in [0.2, 0.25) is 10.0 Å². The molecule has 6 heteroatoms. The zero-order chi connectivity index (χ0) is 20.8. The first-order chi connectivity index (χ1) is 13.9. The third-order valence-electron chi connectivity index (χ3n) is 4.04. The molecule has 4 nitrogen and oxygen atoms in total. The van der Waals surface area contributed by atoms with Crippen molar-refractivity contribution in [3.8, 4) is 0 Å². The van der Waals surface area contributed by atoms with Gasteiger partial charge in [0.2, 0.25) is 5.78 Å². The van der Waals surface area contributed by atoms with Crippen molar-refractivity contribution in [3.05, 3.63) is 117 Å². The summed E-state index contributed by atoms with van der Waals surface area (Å²) in [4.78, 5) is 38.1. The van der Waals surface area contributed by atoms with Gasteiger partial charge in [-0.3, -0.25) is 14.4 Å². The molecular weight excluding hydrogens is 409 g/mol. The zero-order valence-electron chi connectivity index (χ0n) is 15.1. The lowest BCUT2D eigenvalue weighted by atomic mass is 10.0. The van der Waals surface area contributed by atoms with Gasteiger partial charge in [-0.1, -0.05) is 41.4 Å². The van der Waals surface area contributed by atoms with Crippen molar-refractivity contribution in [2.45, 2.75) is 0 Å². The highest BCUT2D eigenvalue weighted by atomic mass is 35.5. The highest BCUT2D eigenvalue weighted by Crippen LogP contribution is 2.15. The summed E-state index contributed by atoms with van der Waals surface area (Å²) in [7, 11) is 0. The Bertz CT molecular complexity index is 1070. The second-order valence-electron chi connectivity index (χ2n) is 6.09. The molecular formula is C23H15Cl2NO3. The average Bonchev–Trinajstić information content (AvgIpc) is 2.74. The molecule has 0 aliphatic heterocycles. The Morgan fingerprint density at radius 3 is 1.72 bits per heavy atom. The van der Waals surface area contributed by atoms with Crippen LogP contribution in [0.3, 0.4) is 0 Å². The summed E-state index contributed by atoms with van der Waals surface area (Å²) < 4.78 is 0. The smallest absolute Gasteiger partial charge is 0.255 e. The van der Waals surface area contributed by atoms with Crippen molar-refractivity contribution in [2.75, 3.05) is 0 Å². The van der Waals surface area contributed by atoms with Crippen LogP contribution in [-0.2, 0) is 0 Å². The Labute approximate surface area is 177 Å². The topological polar surface area (TPSA) is 63.2 Å². The minimum absolute atomic E-state index is 0.138. The largest absolute Gasteiger partial charge is 0.319 e. The van der Waals surface area contributed by atoms with Crippen LogP contribution in [0.25, 0.3) is 0 Å². The number of rotatable bonds is 6. The van der Waals surface area contributed by atoms with E-state index in [1.165, 1.54) is 12.1 Å². The number of ketones is 2. The van der Waals surface area contributed by atoms with Crippen molar-refractivity contribution in [3.63, 3.8) is 0 Å². The molecule has 1 amide bonds. The number of halogens is 2. The summed E-state index contributed by atoms with van der Waals surface area (Å²) >= 11 is 11.7. The quantitative estimate of drug-likeness (QED) is 0.427. The molecule has 3 rings (SSSR count). The van der Waals surface area contributed by atoms with Gasteiger partial charge in [-0.15, -0.1) is 0 Å². The zero-order valence-corrected chi connectivity index (χ0v) is 16.6. The van der Waals surface area contributed by atoms with Crippen molar-refractivity contribution >= 4 is 40.7 Å². The van der Waals surface area contributed by atoms with E-state index in [9.17, 15) is 14.4 Å². The van der Waals surface area contributed by atoms with Crippen LogP contribution in [0.4, 0.5) is 0 Å². The molecule has 29 heavy (non-hydrogen) atoms. The molecule has 0 unspecified atom stereocenters. The molecule has 0 aliphatic carbocycles. The first kappa shape index (κ1) is 20.5. The van der Waals surface area contributed by atoms with Gasteiger partial charge in [0.05, 0.1) is 5.70 Å². The minimum atomic E-state index is -0.506. The van der Waals surface area contributed by atoms with E-state index in [0.29, 0.717) is 21.2 Å². The van der Waals surface area contributed by atoms with Gasteiger partial charge in [0.1, 0.15) is 0 Å². The van der Waals surface area contributed by atoms with Gasteiger partial charge < -0.3 is 5.32 Å². The second kappa shape index (κ2) is 9.32. The van der Waals surface area contributed by atoms with Gasteiger partial charge in [-0.25, -0.2) is 0 Å². The fourth-order valence-electron chi connectivity index (χ4n) is 2.53. The van der Waals surface area contributed by atoms with Crippen molar-refractivity contribution in [1.29, 1.82) is 0 Å². The second-order valence-corrected chi connectivity index (χ2v) is 6.96. The lowest BCUT2D eigenvalue weighted by Gasteiger charge is -2.10. The molecule has 0 radical (unpaired) electrons. The van der Waals surface area contributed by atoms with E-state index in [4.69, 9.17) is 23.2 Å². The van der Waals surface area contributed by atoms with Crippen molar-refractivity contribution < 1.29 is 14.4 Å². The number of nitrogens with one attached hydrogen (secondary N) is 1. The third kappa shape index (κ3) is 5.41. The van der Waals surface area contributed by atoms with Crippen LogP contribution in [0.5, 0.6) is 0 Å². The van der Waals surface area contributed by atoms with Gasteiger partial charge in [-0.05, 0) is 60.7 Å². The summed E-state index contributed by atoms with van der Waals surface area (Å²) in [5, 5.41) is 3.51. The summed E-state index contributed by atoms with van der Waals surface area (Å²) in [5.41, 5.74) is 0.852. The Kier molecular flexibility index (Phi) is 6.60. The Balaban J connectivity index is 1.94. The SMILES string of the molecule is O=C(/C=C(\NC(=O)c1ccccc1)C(=O)c1ccc(Cl)cc1)c1ccc(Cl)cc1. The molecule has 3 aromatic carbocycles. The van der Waals surface area contributed by atoms with Gasteiger partial charge in [0.25, 0.3) is 5.91 Å². The van der Waals surface area contributed by atoms with E-state index in [1.807, 2.05) is 0 Å². The van der Waals surface area contributed by atoms with Crippen molar-refractivity contribution in [1.82, 2.24) is 5.32 Å². The number of hydrogen-bond donors (Lipinski definition) is 1. The van der Waals surface area contributed by atoms with Gasteiger partial charge in [0, 0.05) is 32.8 Å². The van der Waals surface area contributed by atoms with Crippen LogP contribution in [0.15, 0.2) is 90.6 Å². The highest BCUT2D eigenvalue weighted by molar-refractivity contribution is 6.31. The first-order valence-corrected chi connectivity index (χ1v) is 9.38. The summed E-state index contributed by atoms with van der Waals surface area (Å²) in [5.74, 6) is -1.44. The molecule has 1 N–H and O–H groups in total. The summed E-state index contributed by atoms with van der Waals surface area (Å²) in [6, 6.07) is 20.8. The number of hydrogen-bond acceptors (Lipinski definition) is 3. The molecule has 3 aromatic rings. The number of Topliss-reactive ketones (excluding diaryl/α,β-unsaturated/α-hetero) is 1. The van der Waals surface area contributed by atoms with Crippen LogP contribution < -0.4 is 5.32 Å². The monoisotopic (exact) mass is 423 g/mol. The predicted molar refractivity (Wildman–Crippen MR) is 114 cm³/mol. The number of benzene rings is 3. The Morgan fingerprint density at radius 2 is 1.17 bits per heavy atom. The lowest BCUT2D eigenvalue weighted by molar-refractivity contribution is 0.0930. The van der Waals surface area contributed by atoms with Gasteiger partial charge >= 0.3 is 0 Å². The van der Waals surface area contributed by atoms with E-state index in [2.05, 4.69) is 5.32 Å². The molecule has 0 spiro atoms. The van der Waals surface area contributed by atoms with E-state index in [0.717, 1.165) is 6.08 Å². The molecule has 0 saturated carbocycles. The fraction of sp³-hybridized carbons (Fsp3) is 0. The van der Waals surface area contributed by atoms with Gasteiger partial charge in [0.15, 0.2) is 5.78 Å². The van der Waals surface area contributed by atoms with E-state index in [1.54, 1.807) is 66.7 Å². The average molecular weight is 424 g/mol. The maximum atomic E-state index is 12.9. The molecule has 0 saturated heterocycles. The predicted octanol–water partition coefficient (Wildman–Crippen LogP) is 5.37. The van der Waals surface area contributed by atoms with E-state index < -0.39 is 17.5 Å². The number of allylic oxidation sites excluding steroid dienone is 2. The van der Waals surface area contributed by atoms with Crippen LogP contribution >= 0.6 is 23.2 Å². The Hall–Kier alpha value is -3.21. The molecule has 0 atom stereocenters. The molecule has 0 bridgehead atoms. The van der Waals surface area contributed by atoms with Crippen LogP contribution in [0, 0.1) is 0 Å². The fourth-order valence-corrected chi connectivity index (χ4v) is 2.78. The number of carbonyl (C=O) groups is 3. The van der Waals surface area contributed by atoms with Crippen LogP contribution in [-0.4, -0.2) is 17.5 Å². The maximum Gasteiger partial charge on any atom is 0.255 e. The summed E-state index contributed by atoms with van der Waals surface area (Å²) in [6.45, 7) is 0. The number of carbonyl (C=O) groups excluding carboxylic acids is 3. The summed E-state index contributed by atoms with van der Waals surface area (Å²) in [6.07, 6.45) is 1.11. The molecule has 0 aromatic heterocycles. The normalized spacial score (nSPS) is 11.0. The first-order valence-electron chi connectivity index (χ1n) is 8.62. The standard InChI is InChI=1S/C23H15Cl2NO3/c24-18-10-6-15(7-11-18)21(27)14-20(22(28)16-8-12-19(25)13-9-16)26-23(29)17-4-2-1-3-5-17/h1-14H,(H,26,29)/b20-14-. The molecule has 0 heterocycles. The lowest BCUT2D eigenvalue weighted by Crippen LogP contribution is -2.28. The maximum absolute atomic E-state index is 12.9. The number of amides is 1. The molecule has 144 valence electrons. The van der Waals surface area contributed by atoms with E-state index >= 15 is 0 Å². The van der Waals surface area contributed by atoms with Crippen LogP contribution in [0.1, 0.15) is 31.1 Å². The van der Waals surface area contributed by atoms with Gasteiger partial charge in [-0.2, -0.15) is 0 Å². The minimum Gasteiger partial charge on any atom is -0.319 e.